The molecule has 0 spiro atoms. The van der Waals surface area contributed by atoms with Gasteiger partial charge in [0.25, 0.3) is 11.8 Å². The molecule has 2 amide bonds. The lowest BCUT2D eigenvalue weighted by atomic mass is 10.0. The predicted octanol–water partition coefficient (Wildman–Crippen LogP) is 3.17. The van der Waals surface area contributed by atoms with Crippen LogP contribution in [0.1, 0.15) is 57.9 Å². The molecule has 1 aliphatic rings. The highest BCUT2D eigenvalue weighted by molar-refractivity contribution is 6.18. The van der Waals surface area contributed by atoms with E-state index >= 15 is 0 Å². The molecular weight excluding hydrogens is 376 g/mol. The van der Waals surface area contributed by atoms with Crippen LogP contribution in [0, 0.1) is 5.92 Å². The molecule has 0 bridgehead atoms. The quantitative estimate of drug-likeness (QED) is 0.698. The summed E-state index contributed by atoms with van der Waals surface area (Å²) in [6, 6.07) is 7.57. The third kappa shape index (κ3) is 4.55. The Balaban J connectivity index is 1.70. The van der Waals surface area contributed by atoms with Crippen LogP contribution in [0.3, 0.4) is 0 Å². The van der Waals surface area contributed by atoms with Crippen LogP contribution >= 0.6 is 11.6 Å². The smallest absolute Gasteiger partial charge is 0.272 e. The second-order valence-corrected chi connectivity index (χ2v) is 7.74. The first-order valence-corrected chi connectivity index (χ1v) is 10.3. The van der Waals surface area contributed by atoms with Gasteiger partial charge in [0.1, 0.15) is 0 Å². The van der Waals surface area contributed by atoms with Crippen molar-refractivity contribution in [1.29, 1.82) is 0 Å². The van der Waals surface area contributed by atoms with E-state index in [1.165, 1.54) is 0 Å². The molecule has 2 heterocycles. The third-order valence-electron chi connectivity index (χ3n) is 5.33. The molecule has 7 heteroatoms. The predicted molar refractivity (Wildman–Crippen MR) is 110 cm³/mol. The van der Waals surface area contributed by atoms with Gasteiger partial charge in [-0.15, -0.1) is 11.6 Å². The molecule has 0 saturated heterocycles. The number of H-pyrrole nitrogens is 1. The number of aromatic amines is 1. The van der Waals surface area contributed by atoms with Gasteiger partial charge in [0.2, 0.25) is 0 Å². The van der Waals surface area contributed by atoms with Crippen molar-refractivity contribution in [2.45, 2.75) is 39.7 Å². The SMILES string of the molecule is CCC(C)CNC(=O)c1n[nH]c2c1CN(C(=O)c1ccc(CCCl)cc1)CC2. The van der Waals surface area contributed by atoms with E-state index in [4.69, 9.17) is 11.6 Å². The van der Waals surface area contributed by atoms with Gasteiger partial charge in [0.05, 0.1) is 6.54 Å². The minimum atomic E-state index is -0.183. The molecule has 0 saturated carbocycles. The van der Waals surface area contributed by atoms with E-state index in [1.807, 2.05) is 24.3 Å². The first-order chi connectivity index (χ1) is 13.5. The zero-order chi connectivity index (χ0) is 20.1. The Labute approximate surface area is 170 Å². The maximum Gasteiger partial charge on any atom is 0.272 e. The Morgan fingerprint density at radius 3 is 2.75 bits per heavy atom. The molecular formula is C21H27ClN4O2. The van der Waals surface area contributed by atoms with Crippen molar-refractivity contribution in [1.82, 2.24) is 20.4 Å². The standard InChI is InChI=1S/C21H27ClN4O2/c1-3-14(2)12-23-20(27)19-17-13-26(11-9-18(17)24-25-19)21(28)16-6-4-15(5-7-16)8-10-22/h4-7,14H,3,8-13H2,1-2H3,(H,23,27)(H,24,25). The van der Waals surface area contributed by atoms with E-state index in [-0.39, 0.29) is 11.8 Å². The maximum atomic E-state index is 12.9. The molecule has 3 rings (SSSR count). The summed E-state index contributed by atoms with van der Waals surface area (Å²) in [4.78, 5) is 27.2. The van der Waals surface area contributed by atoms with Gasteiger partial charge < -0.3 is 10.2 Å². The number of benzene rings is 1. The largest absolute Gasteiger partial charge is 0.350 e. The molecule has 1 aromatic carbocycles. The van der Waals surface area contributed by atoms with Crippen molar-refractivity contribution in [3.63, 3.8) is 0 Å². The molecule has 1 aliphatic heterocycles. The van der Waals surface area contributed by atoms with E-state index in [9.17, 15) is 9.59 Å². The number of amides is 2. The minimum Gasteiger partial charge on any atom is -0.350 e. The van der Waals surface area contributed by atoms with E-state index < -0.39 is 0 Å². The average Bonchev–Trinajstić information content (AvgIpc) is 3.15. The second-order valence-electron chi connectivity index (χ2n) is 7.37. The summed E-state index contributed by atoms with van der Waals surface area (Å²) in [5.74, 6) is 0.760. The van der Waals surface area contributed by atoms with E-state index in [2.05, 4.69) is 29.4 Å². The lowest BCUT2D eigenvalue weighted by Gasteiger charge is -2.27. The Bertz CT molecular complexity index is 831. The number of hydrogen-bond donors (Lipinski definition) is 2. The number of fused-ring (bicyclic) bond motifs is 1. The fourth-order valence-corrected chi connectivity index (χ4v) is 3.48. The summed E-state index contributed by atoms with van der Waals surface area (Å²) in [6.07, 6.45) is 2.45. The highest BCUT2D eigenvalue weighted by atomic mass is 35.5. The topological polar surface area (TPSA) is 78.1 Å². The van der Waals surface area contributed by atoms with E-state index in [0.29, 0.717) is 49.1 Å². The minimum absolute atomic E-state index is 0.0322. The van der Waals surface area contributed by atoms with Crippen molar-refractivity contribution in [2.24, 2.45) is 5.92 Å². The number of rotatable bonds is 7. The highest BCUT2D eigenvalue weighted by Gasteiger charge is 2.28. The Hall–Kier alpha value is -2.34. The molecule has 150 valence electrons. The van der Waals surface area contributed by atoms with Gasteiger partial charge in [0, 0.05) is 42.2 Å². The van der Waals surface area contributed by atoms with Crippen LogP contribution < -0.4 is 5.32 Å². The van der Waals surface area contributed by atoms with Crippen molar-refractivity contribution in [3.05, 3.63) is 52.3 Å². The third-order valence-corrected chi connectivity index (χ3v) is 5.52. The average molecular weight is 403 g/mol. The zero-order valence-corrected chi connectivity index (χ0v) is 17.2. The lowest BCUT2D eigenvalue weighted by molar-refractivity contribution is 0.0731. The Morgan fingerprint density at radius 2 is 2.07 bits per heavy atom. The van der Waals surface area contributed by atoms with Crippen LogP contribution in [-0.4, -0.2) is 45.9 Å². The lowest BCUT2D eigenvalue weighted by Crippen LogP contribution is -2.37. The van der Waals surface area contributed by atoms with Crippen molar-refractivity contribution in [3.8, 4) is 0 Å². The van der Waals surface area contributed by atoms with Crippen LogP contribution in [-0.2, 0) is 19.4 Å². The molecule has 1 atom stereocenters. The van der Waals surface area contributed by atoms with Gasteiger partial charge in [-0.3, -0.25) is 14.7 Å². The summed E-state index contributed by atoms with van der Waals surface area (Å²) in [5, 5.41) is 10.1. The number of nitrogens with one attached hydrogen (secondary N) is 2. The van der Waals surface area contributed by atoms with Crippen LogP contribution in [0.25, 0.3) is 0 Å². The highest BCUT2D eigenvalue weighted by Crippen LogP contribution is 2.22. The summed E-state index contributed by atoms with van der Waals surface area (Å²) in [5.41, 5.74) is 3.92. The number of alkyl halides is 1. The van der Waals surface area contributed by atoms with Gasteiger partial charge in [-0.25, -0.2) is 0 Å². The molecule has 1 aromatic heterocycles. The molecule has 2 aromatic rings. The van der Waals surface area contributed by atoms with Crippen LogP contribution in [0.15, 0.2) is 24.3 Å². The van der Waals surface area contributed by atoms with E-state index in [1.54, 1.807) is 4.90 Å². The summed E-state index contributed by atoms with van der Waals surface area (Å²) >= 11 is 5.77. The number of hydrogen-bond acceptors (Lipinski definition) is 3. The molecule has 0 radical (unpaired) electrons. The fourth-order valence-electron chi connectivity index (χ4n) is 3.26. The van der Waals surface area contributed by atoms with E-state index in [0.717, 1.165) is 29.7 Å². The maximum absolute atomic E-state index is 12.9. The first-order valence-electron chi connectivity index (χ1n) is 9.82. The Kier molecular flexibility index (Phi) is 6.73. The number of halogens is 1. The van der Waals surface area contributed by atoms with Crippen molar-refractivity contribution < 1.29 is 9.59 Å². The fraction of sp³-hybridized carbons (Fsp3) is 0.476. The number of nitrogens with zero attached hydrogens (tertiary/aromatic N) is 2. The van der Waals surface area contributed by atoms with Crippen LogP contribution in [0.4, 0.5) is 0 Å². The molecule has 2 N–H and O–H groups in total. The van der Waals surface area contributed by atoms with Crippen LogP contribution in [0.2, 0.25) is 0 Å². The number of carbonyl (C=O) groups excluding carboxylic acids is 2. The zero-order valence-electron chi connectivity index (χ0n) is 16.4. The summed E-state index contributed by atoms with van der Waals surface area (Å²) in [6.45, 7) is 5.80. The summed E-state index contributed by atoms with van der Waals surface area (Å²) in [7, 11) is 0. The molecule has 0 fully saturated rings. The first kappa shape index (κ1) is 20.4. The Morgan fingerprint density at radius 1 is 1.32 bits per heavy atom. The van der Waals surface area contributed by atoms with Gasteiger partial charge in [-0.05, 0) is 30.0 Å². The van der Waals surface area contributed by atoms with Crippen LogP contribution in [0.5, 0.6) is 0 Å². The van der Waals surface area contributed by atoms with Gasteiger partial charge in [-0.1, -0.05) is 32.4 Å². The number of carbonyl (C=O) groups is 2. The molecule has 28 heavy (non-hydrogen) atoms. The molecule has 1 unspecified atom stereocenters. The van der Waals surface area contributed by atoms with Gasteiger partial charge in [0.15, 0.2) is 5.69 Å². The van der Waals surface area contributed by atoms with Crippen molar-refractivity contribution in [2.75, 3.05) is 19.0 Å². The van der Waals surface area contributed by atoms with Crippen molar-refractivity contribution >= 4 is 23.4 Å². The molecule has 0 aliphatic carbocycles. The van der Waals surface area contributed by atoms with Gasteiger partial charge >= 0.3 is 0 Å². The monoisotopic (exact) mass is 402 g/mol. The van der Waals surface area contributed by atoms with Gasteiger partial charge in [-0.2, -0.15) is 5.10 Å². The number of aryl methyl sites for hydroxylation is 1. The normalized spacial score (nSPS) is 14.5. The summed E-state index contributed by atoms with van der Waals surface area (Å²) < 4.78 is 0. The second kappa shape index (κ2) is 9.24. The molecule has 6 nitrogen and oxygen atoms in total. The number of aromatic nitrogens is 2.